The van der Waals surface area contributed by atoms with Gasteiger partial charge in [0.15, 0.2) is 0 Å². The van der Waals surface area contributed by atoms with Gasteiger partial charge in [-0.2, -0.15) is 4.31 Å². The van der Waals surface area contributed by atoms with Crippen molar-refractivity contribution in [3.8, 4) is 0 Å². The maximum atomic E-state index is 12.4. The molecule has 1 unspecified atom stereocenters. The van der Waals surface area contributed by atoms with Crippen LogP contribution in [0.4, 0.5) is 5.69 Å². The van der Waals surface area contributed by atoms with Crippen LogP contribution in [0, 0.1) is 6.92 Å². The summed E-state index contributed by atoms with van der Waals surface area (Å²) in [7, 11) is -3.38. The molecule has 7 heteroatoms. The van der Waals surface area contributed by atoms with E-state index in [1.165, 1.54) is 4.31 Å². The van der Waals surface area contributed by atoms with Crippen LogP contribution in [0.2, 0.25) is 5.02 Å². The van der Waals surface area contributed by atoms with Crippen molar-refractivity contribution < 1.29 is 13.2 Å². The van der Waals surface area contributed by atoms with E-state index in [0.29, 0.717) is 23.7 Å². The third kappa shape index (κ3) is 3.75. The van der Waals surface area contributed by atoms with Gasteiger partial charge in [0.25, 0.3) is 0 Å². The van der Waals surface area contributed by atoms with Crippen molar-refractivity contribution in [3.05, 3.63) is 28.8 Å². The Morgan fingerprint density at radius 1 is 1.38 bits per heavy atom. The Morgan fingerprint density at radius 2 is 2.10 bits per heavy atom. The first kappa shape index (κ1) is 16.3. The van der Waals surface area contributed by atoms with Gasteiger partial charge in [0, 0.05) is 17.3 Å². The van der Waals surface area contributed by atoms with Crippen LogP contribution in [0.15, 0.2) is 18.2 Å². The summed E-state index contributed by atoms with van der Waals surface area (Å²) in [5.41, 5.74) is 1.39. The molecule has 0 saturated carbocycles. The molecular formula is C14H19ClN2O3S. The van der Waals surface area contributed by atoms with E-state index in [4.69, 9.17) is 11.6 Å². The van der Waals surface area contributed by atoms with Crippen molar-refractivity contribution in [2.45, 2.75) is 32.2 Å². The van der Waals surface area contributed by atoms with Crippen LogP contribution in [0.1, 0.15) is 24.8 Å². The van der Waals surface area contributed by atoms with E-state index >= 15 is 0 Å². The minimum absolute atomic E-state index is 0.300. The monoisotopic (exact) mass is 330 g/mol. The van der Waals surface area contributed by atoms with E-state index in [2.05, 4.69) is 5.32 Å². The van der Waals surface area contributed by atoms with Crippen LogP contribution >= 0.6 is 11.6 Å². The van der Waals surface area contributed by atoms with E-state index in [9.17, 15) is 13.2 Å². The summed E-state index contributed by atoms with van der Waals surface area (Å²) in [4.78, 5) is 12.4. The molecule has 0 aromatic heterocycles. The highest BCUT2D eigenvalue weighted by Crippen LogP contribution is 2.25. The summed E-state index contributed by atoms with van der Waals surface area (Å²) in [6, 6.07) is 4.61. The predicted molar refractivity (Wildman–Crippen MR) is 84.0 cm³/mol. The lowest BCUT2D eigenvalue weighted by molar-refractivity contribution is -0.120. The van der Waals surface area contributed by atoms with Crippen molar-refractivity contribution in [2.24, 2.45) is 0 Å². The Labute approximate surface area is 130 Å². The molecule has 21 heavy (non-hydrogen) atoms. The molecule has 0 radical (unpaired) electrons. The number of nitrogens with zero attached hydrogens (tertiary/aromatic N) is 1. The number of benzene rings is 1. The van der Waals surface area contributed by atoms with E-state index < -0.39 is 16.1 Å². The highest BCUT2D eigenvalue weighted by Gasteiger charge is 2.34. The van der Waals surface area contributed by atoms with Crippen molar-refractivity contribution in [3.63, 3.8) is 0 Å². The average Bonchev–Trinajstić information content (AvgIpc) is 2.43. The van der Waals surface area contributed by atoms with E-state index in [1.54, 1.807) is 18.2 Å². The maximum Gasteiger partial charge on any atom is 0.242 e. The molecule has 1 N–H and O–H groups in total. The molecule has 0 spiro atoms. The summed E-state index contributed by atoms with van der Waals surface area (Å²) in [6.07, 6.45) is 3.31. The average molecular weight is 331 g/mol. The number of amides is 1. The molecule has 0 bridgehead atoms. The topological polar surface area (TPSA) is 66.5 Å². The fourth-order valence-electron chi connectivity index (χ4n) is 2.52. The first-order chi connectivity index (χ1) is 9.80. The van der Waals surface area contributed by atoms with Crippen LogP contribution in [0.25, 0.3) is 0 Å². The third-order valence-electron chi connectivity index (χ3n) is 3.71. The fraction of sp³-hybridized carbons (Fsp3) is 0.500. The van der Waals surface area contributed by atoms with Crippen LogP contribution < -0.4 is 5.32 Å². The van der Waals surface area contributed by atoms with Crippen LogP contribution in [-0.2, 0) is 14.8 Å². The summed E-state index contributed by atoms with van der Waals surface area (Å²) >= 11 is 6.03. The first-order valence-corrected chi connectivity index (χ1v) is 9.06. The lowest BCUT2D eigenvalue weighted by Crippen LogP contribution is -2.49. The number of anilines is 1. The quantitative estimate of drug-likeness (QED) is 0.925. The molecule has 1 heterocycles. The fourth-order valence-corrected chi connectivity index (χ4v) is 3.82. The van der Waals surface area contributed by atoms with Crippen LogP contribution in [0.5, 0.6) is 0 Å². The van der Waals surface area contributed by atoms with Crippen molar-refractivity contribution >= 4 is 33.2 Å². The van der Waals surface area contributed by atoms with E-state index in [-0.39, 0.29) is 5.91 Å². The molecule has 116 valence electrons. The molecule has 2 rings (SSSR count). The number of piperidine rings is 1. The Balaban J connectivity index is 2.20. The van der Waals surface area contributed by atoms with Gasteiger partial charge in [0.1, 0.15) is 6.04 Å². The van der Waals surface area contributed by atoms with Crippen molar-refractivity contribution in [1.29, 1.82) is 0 Å². The molecule has 1 amide bonds. The number of hydrogen-bond acceptors (Lipinski definition) is 3. The number of carbonyl (C=O) groups excluding carboxylic acids is 1. The lowest BCUT2D eigenvalue weighted by Gasteiger charge is -2.32. The van der Waals surface area contributed by atoms with Crippen molar-refractivity contribution in [1.82, 2.24) is 4.31 Å². The number of halogens is 1. The zero-order valence-corrected chi connectivity index (χ0v) is 13.7. The molecule has 1 aromatic carbocycles. The Kier molecular flexibility index (Phi) is 4.91. The van der Waals surface area contributed by atoms with Crippen LogP contribution in [-0.4, -0.2) is 37.5 Å². The number of nitrogens with one attached hydrogen (secondary N) is 1. The highest BCUT2D eigenvalue weighted by atomic mass is 35.5. The number of sulfonamides is 1. The SMILES string of the molecule is Cc1c(Cl)cccc1NC(=O)C1CCCCN1S(C)(=O)=O. The molecule has 5 nitrogen and oxygen atoms in total. The second-order valence-corrected chi connectivity index (χ2v) is 7.63. The molecule has 1 aliphatic heterocycles. The summed E-state index contributed by atoms with van der Waals surface area (Å²) in [5.74, 6) is -0.300. The van der Waals surface area contributed by atoms with Gasteiger partial charge in [-0.05, 0) is 37.5 Å². The van der Waals surface area contributed by atoms with Gasteiger partial charge in [-0.25, -0.2) is 8.42 Å². The predicted octanol–water partition coefficient (Wildman–Crippen LogP) is 2.40. The standard InChI is InChI=1S/C14H19ClN2O3S/c1-10-11(15)6-5-7-12(10)16-14(18)13-8-3-4-9-17(13)21(2,19)20/h5-7,13H,3-4,8-9H2,1-2H3,(H,16,18). The smallest absolute Gasteiger partial charge is 0.242 e. The van der Waals surface area contributed by atoms with Gasteiger partial charge >= 0.3 is 0 Å². The van der Waals surface area contributed by atoms with Gasteiger partial charge < -0.3 is 5.32 Å². The summed E-state index contributed by atoms with van der Waals surface area (Å²) < 4.78 is 24.9. The second kappa shape index (κ2) is 6.34. The number of carbonyl (C=O) groups is 1. The molecular weight excluding hydrogens is 312 g/mol. The summed E-state index contributed by atoms with van der Waals surface area (Å²) in [6.45, 7) is 2.21. The van der Waals surface area contributed by atoms with Crippen LogP contribution in [0.3, 0.4) is 0 Å². The number of rotatable bonds is 3. The van der Waals surface area contributed by atoms with Gasteiger partial charge in [0.2, 0.25) is 15.9 Å². The largest absolute Gasteiger partial charge is 0.324 e. The first-order valence-electron chi connectivity index (χ1n) is 6.83. The van der Waals surface area contributed by atoms with Gasteiger partial charge in [-0.15, -0.1) is 0 Å². The minimum atomic E-state index is -3.38. The van der Waals surface area contributed by atoms with E-state index in [1.807, 2.05) is 6.92 Å². The number of hydrogen-bond donors (Lipinski definition) is 1. The normalized spacial score (nSPS) is 20.2. The Bertz CT molecular complexity index is 646. The van der Waals surface area contributed by atoms with Gasteiger partial charge in [-0.1, -0.05) is 24.1 Å². The zero-order valence-electron chi connectivity index (χ0n) is 12.1. The molecule has 0 aliphatic carbocycles. The van der Waals surface area contributed by atoms with E-state index in [0.717, 1.165) is 24.7 Å². The molecule has 1 aromatic rings. The van der Waals surface area contributed by atoms with Gasteiger partial charge in [0.05, 0.1) is 6.26 Å². The maximum absolute atomic E-state index is 12.4. The summed E-state index contributed by atoms with van der Waals surface area (Å²) in [5, 5.41) is 3.36. The Hall–Kier alpha value is -1.11. The Morgan fingerprint density at radius 3 is 2.76 bits per heavy atom. The molecule has 1 fully saturated rings. The zero-order chi connectivity index (χ0) is 15.6. The molecule has 1 aliphatic rings. The highest BCUT2D eigenvalue weighted by molar-refractivity contribution is 7.88. The third-order valence-corrected chi connectivity index (χ3v) is 5.41. The van der Waals surface area contributed by atoms with Gasteiger partial charge in [-0.3, -0.25) is 4.79 Å². The molecule has 1 atom stereocenters. The second-order valence-electron chi connectivity index (χ2n) is 5.29. The minimum Gasteiger partial charge on any atom is -0.324 e. The van der Waals surface area contributed by atoms with Crippen molar-refractivity contribution in [2.75, 3.05) is 18.1 Å². The molecule has 1 saturated heterocycles. The lowest BCUT2D eigenvalue weighted by atomic mass is 10.0.